The zero-order valence-corrected chi connectivity index (χ0v) is 9.72. The van der Waals surface area contributed by atoms with E-state index in [4.69, 9.17) is 19.7 Å². The Kier molecular flexibility index (Phi) is 2.85. The third kappa shape index (κ3) is 2.20. The molecule has 0 bridgehead atoms. The molecule has 2 aliphatic rings. The highest BCUT2D eigenvalue weighted by atomic mass is 16.5. The molecule has 17 heavy (non-hydrogen) atoms. The van der Waals surface area contributed by atoms with Gasteiger partial charge in [0.25, 0.3) is 0 Å². The molecule has 1 aromatic heterocycles. The van der Waals surface area contributed by atoms with E-state index in [1.165, 1.54) is 0 Å². The van der Waals surface area contributed by atoms with Crippen LogP contribution in [0.4, 0.5) is 0 Å². The fourth-order valence-electron chi connectivity index (χ4n) is 2.30. The summed E-state index contributed by atoms with van der Waals surface area (Å²) in [6.45, 7) is 1.94. The number of hydrogen-bond acceptors (Lipinski definition) is 6. The predicted octanol–water partition coefficient (Wildman–Crippen LogP) is 0.365. The molecule has 3 rings (SSSR count). The molecule has 94 valence electrons. The zero-order valence-electron chi connectivity index (χ0n) is 9.72. The topological polar surface area (TPSA) is 83.4 Å². The van der Waals surface area contributed by atoms with Crippen LogP contribution in [0, 0.1) is 0 Å². The second-order valence-corrected chi connectivity index (χ2v) is 4.81. The molecule has 0 aliphatic carbocycles. The zero-order chi connectivity index (χ0) is 11.7. The molecular weight excluding hydrogens is 222 g/mol. The minimum atomic E-state index is -0.595. The molecule has 2 N–H and O–H groups in total. The molecular formula is C11H17N3O3. The van der Waals surface area contributed by atoms with Crippen molar-refractivity contribution in [1.82, 2.24) is 10.1 Å². The lowest BCUT2D eigenvalue weighted by atomic mass is 10.0. The van der Waals surface area contributed by atoms with E-state index >= 15 is 0 Å². The Balaban J connectivity index is 1.69. The molecule has 0 saturated carbocycles. The standard InChI is InChI=1S/C11H17N3O3/c12-11(3-5-15-7-11)10-13-9(14-17-10)6-8-2-1-4-16-8/h8H,1-7,12H2. The predicted molar refractivity (Wildman–Crippen MR) is 58.3 cm³/mol. The van der Waals surface area contributed by atoms with Gasteiger partial charge in [0.1, 0.15) is 5.54 Å². The summed E-state index contributed by atoms with van der Waals surface area (Å²) in [6.07, 6.45) is 3.86. The largest absolute Gasteiger partial charge is 0.379 e. The summed E-state index contributed by atoms with van der Waals surface area (Å²) in [6, 6.07) is 0. The van der Waals surface area contributed by atoms with Crippen molar-refractivity contribution in [2.24, 2.45) is 5.73 Å². The van der Waals surface area contributed by atoms with Crippen LogP contribution in [0.1, 0.15) is 31.0 Å². The van der Waals surface area contributed by atoms with E-state index in [2.05, 4.69) is 10.1 Å². The molecule has 3 heterocycles. The fraction of sp³-hybridized carbons (Fsp3) is 0.818. The third-order valence-electron chi connectivity index (χ3n) is 3.38. The number of rotatable bonds is 3. The van der Waals surface area contributed by atoms with Gasteiger partial charge in [-0.15, -0.1) is 0 Å². The maximum Gasteiger partial charge on any atom is 0.249 e. The number of ether oxygens (including phenoxy) is 2. The summed E-state index contributed by atoms with van der Waals surface area (Å²) in [5.74, 6) is 1.17. The summed E-state index contributed by atoms with van der Waals surface area (Å²) >= 11 is 0. The van der Waals surface area contributed by atoms with Crippen LogP contribution in [0.3, 0.4) is 0 Å². The van der Waals surface area contributed by atoms with E-state index < -0.39 is 5.54 Å². The number of nitrogens with two attached hydrogens (primary N) is 1. The van der Waals surface area contributed by atoms with Crippen molar-refractivity contribution in [3.8, 4) is 0 Å². The van der Waals surface area contributed by atoms with E-state index in [0.717, 1.165) is 25.9 Å². The molecule has 2 fully saturated rings. The summed E-state index contributed by atoms with van der Waals surface area (Å²) in [7, 11) is 0. The SMILES string of the molecule is NC1(c2nc(CC3CCCO3)no2)CCOC1. The van der Waals surface area contributed by atoms with Gasteiger partial charge in [-0.05, 0) is 19.3 Å². The Bertz CT molecular complexity index is 381. The maximum absolute atomic E-state index is 6.15. The highest BCUT2D eigenvalue weighted by Gasteiger charge is 2.38. The van der Waals surface area contributed by atoms with Gasteiger partial charge in [0, 0.05) is 19.6 Å². The van der Waals surface area contributed by atoms with Crippen LogP contribution in [0.5, 0.6) is 0 Å². The first kappa shape index (κ1) is 11.1. The van der Waals surface area contributed by atoms with Gasteiger partial charge < -0.3 is 19.7 Å². The molecule has 1 aromatic rings. The molecule has 6 heteroatoms. The summed E-state index contributed by atoms with van der Waals surface area (Å²) < 4.78 is 16.1. The van der Waals surface area contributed by atoms with Crippen molar-refractivity contribution in [2.75, 3.05) is 19.8 Å². The van der Waals surface area contributed by atoms with E-state index in [1.54, 1.807) is 0 Å². The van der Waals surface area contributed by atoms with Crippen molar-refractivity contribution in [3.05, 3.63) is 11.7 Å². The van der Waals surface area contributed by atoms with Crippen LogP contribution in [0.2, 0.25) is 0 Å². The highest BCUT2D eigenvalue weighted by Crippen LogP contribution is 2.26. The van der Waals surface area contributed by atoms with Gasteiger partial charge >= 0.3 is 0 Å². The molecule has 0 spiro atoms. The molecule has 2 aliphatic heterocycles. The number of hydrogen-bond donors (Lipinski definition) is 1. The average Bonchev–Trinajstić information content (AvgIpc) is 3.00. The van der Waals surface area contributed by atoms with Crippen LogP contribution in [-0.4, -0.2) is 36.1 Å². The lowest BCUT2D eigenvalue weighted by Crippen LogP contribution is -2.37. The van der Waals surface area contributed by atoms with Crippen molar-refractivity contribution < 1.29 is 14.0 Å². The summed E-state index contributed by atoms with van der Waals surface area (Å²) in [5, 5.41) is 3.97. The highest BCUT2D eigenvalue weighted by molar-refractivity contribution is 5.05. The molecule has 0 amide bonds. The lowest BCUT2D eigenvalue weighted by Gasteiger charge is -2.15. The maximum atomic E-state index is 6.15. The van der Waals surface area contributed by atoms with Gasteiger partial charge in [-0.1, -0.05) is 5.16 Å². The lowest BCUT2D eigenvalue weighted by molar-refractivity contribution is 0.109. The fourth-order valence-corrected chi connectivity index (χ4v) is 2.30. The Morgan fingerprint density at radius 2 is 2.35 bits per heavy atom. The number of aromatic nitrogens is 2. The molecule has 2 saturated heterocycles. The van der Waals surface area contributed by atoms with Gasteiger partial charge in [0.05, 0.1) is 12.7 Å². The molecule has 6 nitrogen and oxygen atoms in total. The van der Waals surface area contributed by atoms with E-state index in [-0.39, 0.29) is 6.10 Å². The van der Waals surface area contributed by atoms with E-state index in [1.807, 2.05) is 0 Å². The Morgan fingerprint density at radius 1 is 1.41 bits per heavy atom. The Morgan fingerprint density at radius 3 is 3.06 bits per heavy atom. The van der Waals surface area contributed by atoms with Gasteiger partial charge in [-0.3, -0.25) is 0 Å². The van der Waals surface area contributed by atoms with E-state index in [0.29, 0.717) is 31.3 Å². The van der Waals surface area contributed by atoms with Gasteiger partial charge in [-0.25, -0.2) is 0 Å². The van der Waals surface area contributed by atoms with Gasteiger partial charge in [0.2, 0.25) is 5.89 Å². The van der Waals surface area contributed by atoms with Crippen molar-refractivity contribution in [2.45, 2.75) is 37.3 Å². The smallest absolute Gasteiger partial charge is 0.249 e. The van der Waals surface area contributed by atoms with Gasteiger partial charge in [0.15, 0.2) is 5.82 Å². The monoisotopic (exact) mass is 239 g/mol. The van der Waals surface area contributed by atoms with Crippen molar-refractivity contribution in [1.29, 1.82) is 0 Å². The molecule has 0 radical (unpaired) electrons. The normalized spacial score (nSPS) is 33.4. The Labute approximate surface area is 99.5 Å². The first-order chi connectivity index (χ1) is 8.26. The summed E-state index contributed by atoms with van der Waals surface area (Å²) in [5.41, 5.74) is 5.55. The molecule has 2 atom stereocenters. The van der Waals surface area contributed by atoms with Crippen molar-refractivity contribution in [3.63, 3.8) is 0 Å². The summed E-state index contributed by atoms with van der Waals surface area (Å²) in [4.78, 5) is 4.36. The second-order valence-electron chi connectivity index (χ2n) is 4.81. The average molecular weight is 239 g/mol. The van der Waals surface area contributed by atoms with E-state index in [9.17, 15) is 0 Å². The van der Waals surface area contributed by atoms with Crippen LogP contribution in [0.15, 0.2) is 4.52 Å². The first-order valence-electron chi connectivity index (χ1n) is 6.08. The number of nitrogens with zero attached hydrogens (tertiary/aromatic N) is 2. The molecule has 0 aromatic carbocycles. The minimum Gasteiger partial charge on any atom is -0.379 e. The second kappa shape index (κ2) is 4.36. The van der Waals surface area contributed by atoms with Crippen LogP contribution < -0.4 is 5.73 Å². The van der Waals surface area contributed by atoms with Crippen LogP contribution in [-0.2, 0) is 21.4 Å². The Hall–Kier alpha value is -0.980. The van der Waals surface area contributed by atoms with Crippen molar-refractivity contribution >= 4 is 0 Å². The quantitative estimate of drug-likeness (QED) is 0.820. The molecule has 2 unspecified atom stereocenters. The van der Waals surface area contributed by atoms with Crippen LogP contribution >= 0.6 is 0 Å². The first-order valence-corrected chi connectivity index (χ1v) is 6.08. The van der Waals surface area contributed by atoms with Gasteiger partial charge in [-0.2, -0.15) is 4.98 Å². The van der Waals surface area contributed by atoms with Crippen LogP contribution in [0.25, 0.3) is 0 Å². The minimum absolute atomic E-state index is 0.231. The third-order valence-corrected chi connectivity index (χ3v) is 3.38.